The van der Waals surface area contributed by atoms with Crippen LogP contribution in [0.1, 0.15) is 24.8 Å². The predicted octanol–water partition coefficient (Wildman–Crippen LogP) is 2.96. The van der Waals surface area contributed by atoms with E-state index in [1.807, 2.05) is 12.1 Å². The highest BCUT2D eigenvalue weighted by Crippen LogP contribution is 2.40. The van der Waals surface area contributed by atoms with E-state index in [4.69, 9.17) is 14.0 Å². The second-order valence-electron chi connectivity index (χ2n) is 6.90. The Balaban J connectivity index is 1.82. The number of nitriles is 1. The quantitative estimate of drug-likeness (QED) is 0.632. The minimum Gasteiger partial charge on any atom is -0.493 e. The van der Waals surface area contributed by atoms with Gasteiger partial charge in [-0.25, -0.2) is 0 Å². The summed E-state index contributed by atoms with van der Waals surface area (Å²) in [6, 6.07) is 5.94. The van der Waals surface area contributed by atoms with Gasteiger partial charge in [0.25, 0.3) is 0 Å². The molecule has 1 fully saturated rings. The first kappa shape index (κ1) is 21.8. The molecule has 8 nitrogen and oxygen atoms in total. The van der Waals surface area contributed by atoms with Gasteiger partial charge in [0.05, 0.1) is 37.6 Å². The molecular formula is C19H24N3O5PS. The Morgan fingerprint density at radius 3 is 2.48 bits per heavy atom. The molecule has 2 N–H and O–H groups in total. The fourth-order valence-electron chi connectivity index (χ4n) is 3.71. The van der Waals surface area contributed by atoms with Crippen LogP contribution in [0, 0.1) is 17.2 Å². The zero-order valence-corrected chi connectivity index (χ0v) is 18.1. The van der Waals surface area contributed by atoms with Crippen LogP contribution in [0.5, 0.6) is 11.5 Å². The summed E-state index contributed by atoms with van der Waals surface area (Å²) in [7, 11) is 3.16. The number of aromatic nitrogens is 1. The van der Waals surface area contributed by atoms with E-state index in [1.165, 1.54) is 0 Å². The monoisotopic (exact) mass is 437 g/mol. The van der Waals surface area contributed by atoms with Crippen LogP contribution in [-0.4, -0.2) is 48.7 Å². The Kier molecular flexibility index (Phi) is 6.93. The zero-order chi connectivity index (χ0) is 21.0. The van der Waals surface area contributed by atoms with Crippen LogP contribution in [0.3, 0.4) is 0 Å². The smallest absolute Gasteiger partial charge is 0.321 e. The molecule has 0 radical (unpaired) electrons. The van der Waals surface area contributed by atoms with Gasteiger partial charge in [-0.1, -0.05) is 0 Å². The van der Waals surface area contributed by atoms with Crippen LogP contribution in [-0.2, 0) is 16.3 Å². The first-order chi connectivity index (χ1) is 13.9. The molecule has 0 aliphatic carbocycles. The van der Waals surface area contributed by atoms with Crippen LogP contribution in [0.2, 0.25) is 0 Å². The summed E-state index contributed by atoms with van der Waals surface area (Å²) in [5.74, 6) is 1.59. The topological polar surface area (TPSA) is 108 Å². The Morgan fingerprint density at radius 2 is 1.90 bits per heavy atom. The second kappa shape index (κ2) is 9.24. The SMILES string of the molecule is COc1cc2ncc(C#N)c(N3CCC(CCOP(O)(O)=S)CC3)c2cc1OC. The first-order valence-corrected chi connectivity index (χ1v) is 11.9. The van der Waals surface area contributed by atoms with E-state index >= 15 is 0 Å². The van der Waals surface area contributed by atoms with Gasteiger partial charge in [0.2, 0.25) is 0 Å². The number of hydrogen-bond donors (Lipinski definition) is 2. The Labute approximate surface area is 174 Å². The molecule has 1 aliphatic rings. The third kappa shape index (κ3) is 5.16. The van der Waals surface area contributed by atoms with Gasteiger partial charge in [0, 0.05) is 30.7 Å². The summed E-state index contributed by atoms with van der Waals surface area (Å²) in [6.07, 6.45) is 4.13. The van der Waals surface area contributed by atoms with E-state index < -0.39 is 6.72 Å². The Morgan fingerprint density at radius 1 is 1.24 bits per heavy atom. The van der Waals surface area contributed by atoms with Crippen molar-refractivity contribution in [3.05, 3.63) is 23.9 Å². The van der Waals surface area contributed by atoms with Gasteiger partial charge < -0.3 is 28.7 Å². The standard InChI is InChI=1S/C19H24N3O5PS/c1-25-17-9-15-16(10-18(17)26-2)21-12-14(11-20)19(15)22-6-3-13(4-7-22)5-8-27-28(23,24)29/h9-10,12-13H,3-8H2,1-2H3,(H2,23,24,29). The molecule has 0 spiro atoms. The third-order valence-corrected chi connectivity index (χ3v) is 6.02. The highest BCUT2D eigenvalue weighted by molar-refractivity contribution is 8.06. The molecule has 0 atom stereocenters. The Bertz CT molecular complexity index is 966. The molecule has 1 aliphatic heterocycles. The number of rotatable bonds is 7. The van der Waals surface area contributed by atoms with Crippen molar-refractivity contribution in [1.82, 2.24) is 4.98 Å². The lowest BCUT2D eigenvalue weighted by Crippen LogP contribution is -2.34. The summed E-state index contributed by atoms with van der Waals surface area (Å²) in [6.45, 7) is -1.79. The molecule has 1 aromatic carbocycles. The molecule has 0 unspecified atom stereocenters. The molecule has 3 rings (SSSR count). The molecule has 0 amide bonds. The fourth-order valence-corrected chi connectivity index (χ4v) is 4.28. The highest BCUT2D eigenvalue weighted by Gasteiger charge is 2.24. The van der Waals surface area contributed by atoms with Crippen LogP contribution in [0.25, 0.3) is 10.9 Å². The average Bonchev–Trinajstić information content (AvgIpc) is 2.71. The lowest BCUT2D eigenvalue weighted by atomic mass is 9.93. The molecule has 29 heavy (non-hydrogen) atoms. The average molecular weight is 437 g/mol. The van der Waals surface area contributed by atoms with Crippen LogP contribution in [0.15, 0.2) is 18.3 Å². The van der Waals surface area contributed by atoms with Gasteiger partial charge in [-0.15, -0.1) is 0 Å². The number of hydrogen-bond acceptors (Lipinski definition) is 7. The third-order valence-electron chi connectivity index (χ3n) is 5.18. The lowest BCUT2D eigenvalue weighted by molar-refractivity contribution is 0.221. The molecule has 1 saturated heterocycles. The van der Waals surface area contributed by atoms with Crippen molar-refractivity contribution in [2.45, 2.75) is 19.3 Å². The second-order valence-corrected chi connectivity index (χ2v) is 9.57. The molecule has 0 bridgehead atoms. The van der Waals surface area contributed by atoms with Gasteiger partial charge in [-0.3, -0.25) is 4.98 Å². The van der Waals surface area contributed by atoms with E-state index in [0.29, 0.717) is 23.0 Å². The Hall–Kier alpha value is -1.95. The molecule has 2 aromatic rings. The van der Waals surface area contributed by atoms with E-state index in [0.717, 1.165) is 48.9 Å². The fraction of sp³-hybridized carbons (Fsp3) is 0.474. The van der Waals surface area contributed by atoms with Crippen molar-refractivity contribution < 1.29 is 23.8 Å². The molecular weight excluding hydrogens is 413 g/mol. The minimum absolute atomic E-state index is 0.244. The van der Waals surface area contributed by atoms with Crippen molar-refractivity contribution in [1.29, 1.82) is 5.26 Å². The van der Waals surface area contributed by atoms with Crippen molar-refractivity contribution >= 4 is 35.1 Å². The van der Waals surface area contributed by atoms with Crippen LogP contribution >= 0.6 is 6.72 Å². The maximum Gasteiger partial charge on any atom is 0.321 e. The maximum absolute atomic E-state index is 9.64. The molecule has 2 heterocycles. The van der Waals surface area contributed by atoms with Crippen LogP contribution < -0.4 is 14.4 Å². The largest absolute Gasteiger partial charge is 0.493 e. The summed E-state index contributed by atoms with van der Waals surface area (Å²) in [4.78, 5) is 25.0. The number of benzene rings is 1. The minimum atomic E-state index is -3.59. The normalized spacial score (nSPS) is 15.3. The van der Waals surface area contributed by atoms with E-state index in [1.54, 1.807) is 20.4 Å². The van der Waals surface area contributed by atoms with E-state index in [-0.39, 0.29) is 6.61 Å². The van der Waals surface area contributed by atoms with Gasteiger partial charge in [0.1, 0.15) is 6.07 Å². The number of piperidine rings is 1. The van der Waals surface area contributed by atoms with Crippen LogP contribution in [0.4, 0.5) is 5.69 Å². The van der Waals surface area contributed by atoms with E-state index in [2.05, 4.69) is 27.8 Å². The predicted molar refractivity (Wildman–Crippen MR) is 114 cm³/mol. The van der Waals surface area contributed by atoms with Gasteiger partial charge >= 0.3 is 6.72 Å². The number of fused-ring (bicyclic) bond motifs is 1. The maximum atomic E-state index is 9.64. The van der Waals surface area contributed by atoms with E-state index in [9.17, 15) is 15.0 Å². The summed E-state index contributed by atoms with van der Waals surface area (Å²) in [5, 5.41) is 10.5. The molecule has 156 valence electrons. The number of methoxy groups -OCH3 is 2. The van der Waals surface area contributed by atoms with Gasteiger partial charge in [-0.2, -0.15) is 5.26 Å². The highest BCUT2D eigenvalue weighted by atomic mass is 32.5. The summed E-state index contributed by atoms with van der Waals surface area (Å²) < 4.78 is 15.7. The number of anilines is 1. The zero-order valence-electron chi connectivity index (χ0n) is 16.4. The first-order valence-electron chi connectivity index (χ1n) is 9.26. The number of nitrogens with zero attached hydrogens (tertiary/aromatic N) is 3. The molecule has 10 heteroatoms. The van der Waals surface area contributed by atoms with Crippen molar-refractivity contribution in [3.63, 3.8) is 0 Å². The summed E-state index contributed by atoms with van der Waals surface area (Å²) in [5.41, 5.74) is 2.12. The molecule has 1 aromatic heterocycles. The van der Waals surface area contributed by atoms with Gasteiger partial charge in [0.15, 0.2) is 11.5 Å². The van der Waals surface area contributed by atoms with Crippen molar-refractivity contribution in [2.75, 3.05) is 38.8 Å². The molecule has 0 saturated carbocycles. The van der Waals surface area contributed by atoms with Gasteiger partial charge in [-0.05, 0) is 43.1 Å². The van der Waals surface area contributed by atoms with Crippen molar-refractivity contribution in [2.24, 2.45) is 5.92 Å². The number of ether oxygens (including phenoxy) is 2. The lowest BCUT2D eigenvalue weighted by Gasteiger charge is -2.34. The summed E-state index contributed by atoms with van der Waals surface area (Å²) >= 11 is 4.48. The number of pyridine rings is 1. The van der Waals surface area contributed by atoms with Crippen molar-refractivity contribution in [3.8, 4) is 17.6 Å².